The number of anilines is 1. The lowest BCUT2D eigenvalue weighted by molar-refractivity contribution is 0.357. The lowest BCUT2D eigenvalue weighted by atomic mass is 10.0. The average Bonchev–Trinajstić information content (AvgIpc) is 3.03. The minimum absolute atomic E-state index is 0.260. The number of aromatic nitrogens is 2. The summed E-state index contributed by atoms with van der Waals surface area (Å²) in [4.78, 5) is 0. The Morgan fingerprint density at radius 1 is 1.45 bits per heavy atom. The number of hydrogen-bond donors (Lipinski definition) is 1. The van der Waals surface area contributed by atoms with Crippen LogP contribution in [0.2, 0.25) is 0 Å². The zero-order valence-electron chi connectivity index (χ0n) is 12.3. The largest absolute Gasteiger partial charge is 0.493 e. The third kappa shape index (κ3) is 2.38. The van der Waals surface area contributed by atoms with Gasteiger partial charge in [-0.05, 0) is 36.6 Å². The molecular formula is C16H21N3O. The maximum absolute atomic E-state index is 5.56. The number of aryl methyl sites for hydroxylation is 2. The van der Waals surface area contributed by atoms with E-state index in [1.165, 1.54) is 11.1 Å². The fourth-order valence-electron chi connectivity index (χ4n) is 2.71. The molecule has 1 aliphatic rings. The summed E-state index contributed by atoms with van der Waals surface area (Å²) in [6.45, 7) is 5.12. The van der Waals surface area contributed by atoms with Crippen LogP contribution in [0.3, 0.4) is 0 Å². The van der Waals surface area contributed by atoms with Crippen molar-refractivity contribution < 1.29 is 4.74 Å². The summed E-state index contributed by atoms with van der Waals surface area (Å²) in [5.74, 6) is 1.04. The minimum atomic E-state index is 0.260. The number of nitrogens with one attached hydrogen (secondary N) is 1. The zero-order chi connectivity index (χ0) is 14.1. The van der Waals surface area contributed by atoms with Crippen LogP contribution in [0.25, 0.3) is 0 Å². The summed E-state index contributed by atoms with van der Waals surface area (Å²) in [6.07, 6.45) is 4.00. The summed E-state index contributed by atoms with van der Waals surface area (Å²) >= 11 is 0. The fourth-order valence-corrected chi connectivity index (χ4v) is 2.71. The number of fused-ring (bicyclic) bond motifs is 1. The normalized spacial score (nSPS) is 14.8. The first-order valence-electron chi connectivity index (χ1n) is 7.22. The van der Waals surface area contributed by atoms with Crippen LogP contribution in [0.15, 0.2) is 24.4 Å². The molecule has 0 amide bonds. The molecule has 3 rings (SSSR count). The number of benzene rings is 1. The zero-order valence-corrected chi connectivity index (χ0v) is 12.3. The summed E-state index contributed by atoms with van der Waals surface area (Å²) < 4.78 is 7.42. The number of hydrogen-bond acceptors (Lipinski definition) is 3. The Labute approximate surface area is 119 Å². The van der Waals surface area contributed by atoms with Crippen molar-refractivity contribution in [1.29, 1.82) is 0 Å². The van der Waals surface area contributed by atoms with E-state index < -0.39 is 0 Å². The molecule has 1 unspecified atom stereocenters. The van der Waals surface area contributed by atoms with Gasteiger partial charge in [0.1, 0.15) is 5.75 Å². The Balaban J connectivity index is 1.80. The molecule has 2 aromatic rings. The maximum Gasteiger partial charge on any atom is 0.122 e. The second kappa shape index (κ2) is 5.19. The van der Waals surface area contributed by atoms with Crippen molar-refractivity contribution in [3.63, 3.8) is 0 Å². The van der Waals surface area contributed by atoms with Gasteiger partial charge in [-0.2, -0.15) is 5.10 Å². The van der Waals surface area contributed by atoms with Crippen molar-refractivity contribution in [3.8, 4) is 5.75 Å². The molecule has 0 saturated heterocycles. The number of nitrogens with zero attached hydrogens (tertiary/aromatic N) is 2. The minimum Gasteiger partial charge on any atom is -0.493 e. The van der Waals surface area contributed by atoms with Gasteiger partial charge < -0.3 is 10.1 Å². The van der Waals surface area contributed by atoms with Gasteiger partial charge in [0, 0.05) is 25.7 Å². The molecule has 0 fully saturated rings. The van der Waals surface area contributed by atoms with E-state index in [9.17, 15) is 0 Å². The third-order valence-corrected chi connectivity index (χ3v) is 3.83. The van der Waals surface area contributed by atoms with E-state index in [1.807, 2.05) is 17.9 Å². The first kappa shape index (κ1) is 13.0. The summed E-state index contributed by atoms with van der Waals surface area (Å²) in [6, 6.07) is 6.74. The topological polar surface area (TPSA) is 39.1 Å². The van der Waals surface area contributed by atoms with Crippen LogP contribution in [0.1, 0.15) is 36.7 Å². The Hall–Kier alpha value is -1.97. The van der Waals surface area contributed by atoms with Gasteiger partial charge in [0.15, 0.2) is 0 Å². The van der Waals surface area contributed by atoms with Crippen LogP contribution in [0.5, 0.6) is 5.75 Å². The highest BCUT2D eigenvalue weighted by molar-refractivity contribution is 5.49. The molecule has 1 aromatic carbocycles. The molecule has 4 nitrogen and oxygen atoms in total. The predicted molar refractivity (Wildman–Crippen MR) is 80.3 cm³/mol. The third-order valence-electron chi connectivity index (χ3n) is 3.83. The highest BCUT2D eigenvalue weighted by Gasteiger charge is 2.15. The molecule has 20 heavy (non-hydrogen) atoms. The van der Waals surface area contributed by atoms with Crippen LogP contribution < -0.4 is 10.1 Å². The fraction of sp³-hybridized carbons (Fsp3) is 0.438. The van der Waals surface area contributed by atoms with Gasteiger partial charge in [0.25, 0.3) is 0 Å². The van der Waals surface area contributed by atoms with Crippen LogP contribution in [-0.2, 0) is 19.9 Å². The summed E-state index contributed by atoms with van der Waals surface area (Å²) in [5, 5.41) is 8.03. The predicted octanol–water partition coefficient (Wildman–Crippen LogP) is 3.09. The second-order valence-corrected chi connectivity index (χ2v) is 5.35. The van der Waals surface area contributed by atoms with Crippen molar-refractivity contribution in [2.75, 3.05) is 11.9 Å². The first-order chi connectivity index (χ1) is 9.67. The standard InChI is InChI=1S/C16H21N3O/c1-4-14-15(10-19(3)18-14)17-11(2)12-5-6-16-13(9-12)7-8-20-16/h5-6,9-11,17H,4,7-8H2,1-3H3. The number of ether oxygens (including phenoxy) is 1. The Bertz CT molecular complexity index is 618. The van der Waals surface area contributed by atoms with E-state index in [4.69, 9.17) is 4.74 Å². The second-order valence-electron chi connectivity index (χ2n) is 5.35. The smallest absolute Gasteiger partial charge is 0.122 e. The molecule has 0 saturated carbocycles. The van der Waals surface area contributed by atoms with Gasteiger partial charge in [0.05, 0.1) is 18.0 Å². The van der Waals surface area contributed by atoms with Gasteiger partial charge in [0.2, 0.25) is 0 Å². The molecule has 1 N–H and O–H groups in total. The van der Waals surface area contributed by atoms with E-state index in [1.54, 1.807) is 0 Å². The molecule has 1 atom stereocenters. The number of rotatable bonds is 4. The van der Waals surface area contributed by atoms with E-state index in [0.29, 0.717) is 0 Å². The van der Waals surface area contributed by atoms with Crippen LogP contribution >= 0.6 is 0 Å². The lowest BCUT2D eigenvalue weighted by Gasteiger charge is -2.16. The summed E-state index contributed by atoms with van der Waals surface area (Å²) in [7, 11) is 1.96. The van der Waals surface area contributed by atoms with Gasteiger partial charge in [-0.25, -0.2) is 0 Å². The van der Waals surface area contributed by atoms with Crippen LogP contribution in [0, 0.1) is 0 Å². The van der Waals surface area contributed by atoms with Crippen molar-refractivity contribution >= 4 is 5.69 Å². The molecule has 1 aliphatic heterocycles. The molecule has 0 aliphatic carbocycles. The van der Waals surface area contributed by atoms with Crippen LogP contribution in [-0.4, -0.2) is 16.4 Å². The van der Waals surface area contributed by atoms with E-state index in [0.717, 1.165) is 36.6 Å². The molecular weight excluding hydrogens is 250 g/mol. The SMILES string of the molecule is CCc1nn(C)cc1NC(C)c1ccc2c(c1)CCO2. The highest BCUT2D eigenvalue weighted by Crippen LogP contribution is 2.29. The van der Waals surface area contributed by atoms with Gasteiger partial charge in [-0.15, -0.1) is 0 Å². The van der Waals surface area contributed by atoms with Crippen molar-refractivity contribution in [3.05, 3.63) is 41.2 Å². The molecule has 0 spiro atoms. The van der Waals surface area contributed by atoms with E-state index >= 15 is 0 Å². The average molecular weight is 271 g/mol. The Kier molecular flexibility index (Phi) is 3.38. The van der Waals surface area contributed by atoms with Crippen LogP contribution in [0.4, 0.5) is 5.69 Å². The van der Waals surface area contributed by atoms with E-state index in [2.05, 4.69) is 42.5 Å². The van der Waals surface area contributed by atoms with Gasteiger partial charge >= 0.3 is 0 Å². The lowest BCUT2D eigenvalue weighted by Crippen LogP contribution is -2.07. The summed E-state index contributed by atoms with van der Waals surface area (Å²) in [5.41, 5.74) is 4.85. The van der Waals surface area contributed by atoms with Gasteiger partial charge in [-0.1, -0.05) is 13.0 Å². The Morgan fingerprint density at radius 2 is 2.30 bits per heavy atom. The molecule has 1 aromatic heterocycles. The maximum atomic E-state index is 5.56. The molecule has 0 radical (unpaired) electrons. The van der Waals surface area contributed by atoms with Crippen molar-refractivity contribution in [2.24, 2.45) is 7.05 Å². The molecule has 0 bridgehead atoms. The highest BCUT2D eigenvalue weighted by atomic mass is 16.5. The van der Waals surface area contributed by atoms with Gasteiger partial charge in [-0.3, -0.25) is 4.68 Å². The monoisotopic (exact) mass is 271 g/mol. The molecule has 2 heterocycles. The molecule has 4 heteroatoms. The van der Waals surface area contributed by atoms with E-state index in [-0.39, 0.29) is 6.04 Å². The molecule has 106 valence electrons. The van der Waals surface area contributed by atoms with Crippen molar-refractivity contribution in [2.45, 2.75) is 32.7 Å². The first-order valence-corrected chi connectivity index (χ1v) is 7.22. The van der Waals surface area contributed by atoms with Crippen molar-refractivity contribution in [1.82, 2.24) is 9.78 Å². The quantitative estimate of drug-likeness (QED) is 0.928. The Morgan fingerprint density at radius 3 is 3.10 bits per heavy atom.